The van der Waals surface area contributed by atoms with E-state index in [-0.39, 0.29) is 5.76 Å². The van der Waals surface area contributed by atoms with Gasteiger partial charge in [0.1, 0.15) is 13.2 Å². The van der Waals surface area contributed by atoms with Gasteiger partial charge in [-0.25, -0.2) is 4.98 Å². The molecule has 1 aromatic carbocycles. The Labute approximate surface area is 121 Å². The first-order valence-electron chi connectivity index (χ1n) is 6.49. The van der Waals surface area contributed by atoms with Gasteiger partial charge in [0, 0.05) is 19.1 Å². The molecule has 3 N–H and O–H groups in total. The number of hydrogen-bond donors (Lipinski definition) is 2. The van der Waals surface area contributed by atoms with E-state index in [0.29, 0.717) is 47.7 Å². The minimum absolute atomic E-state index is 0.168. The fraction of sp³-hybridized carbons (Fsp3) is 0.286. The van der Waals surface area contributed by atoms with Gasteiger partial charge in [-0.2, -0.15) is 0 Å². The van der Waals surface area contributed by atoms with Crippen LogP contribution in [0.25, 0.3) is 0 Å². The molecule has 0 fully saturated rings. The average molecular weight is 289 g/mol. The molecule has 0 saturated heterocycles. The van der Waals surface area contributed by atoms with Crippen LogP contribution in [-0.4, -0.2) is 24.1 Å². The van der Waals surface area contributed by atoms with Crippen molar-refractivity contribution >= 4 is 17.3 Å². The van der Waals surface area contributed by atoms with Crippen LogP contribution in [0.15, 0.2) is 16.5 Å². The smallest absolute Gasteiger partial charge is 0.293 e. The SMILES string of the molecule is Cc1nc(C)c(C(=O)Nc2cc3c(cc2N)OCCO3)o1. The summed E-state index contributed by atoms with van der Waals surface area (Å²) in [5, 5.41) is 2.70. The lowest BCUT2D eigenvalue weighted by atomic mass is 10.2. The summed E-state index contributed by atoms with van der Waals surface area (Å²) in [7, 11) is 0. The topological polar surface area (TPSA) is 99.6 Å². The third kappa shape index (κ3) is 2.49. The van der Waals surface area contributed by atoms with E-state index < -0.39 is 5.91 Å². The molecule has 1 aromatic heterocycles. The van der Waals surface area contributed by atoms with Crippen LogP contribution in [0.4, 0.5) is 11.4 Å². The fourth-order valence-corrected chi connectivity index (χ4v) is 2.13. The maximum absolute atomic E-state index is 12.2. The summed E-state index contributed by atoms with van der Waals surface area (Å²) in [5.74, 6) is 1.32. The van der Waals surface area contributed by atoms with E-state index in [1.807, 2.05) is 0 Å². The van der Waals surface area contributed by atoms with Gasteiger partial charge in [0.25, 0.3) is 5.91 Å². The first kappa shape index (κ1) is 13.3. The molecule has 0 aliphatic carbocycles. The molecule has 0 saturated carbocycles. The highest BCUT2D eigenvalue weighted by Gasteiger charge is 2.19. The molecule has 1 aliphatic heterocycles. The lowest BCUT2D eigenvalue weighted by Crippen LogP contribution is -2.17. The highest BCUT2D eigenvalue weighted by atomic mass is 16.6. The maximum Gasteiger partial charge on any atom is 0.293 e. The van der Waals surface area contributed by atoms with Crippen LogP contribution in [0, 0.1) is 13.8 Å². The average Bonchev–Trinajstić information content (AvgIpc) is 2.78. The molecule has 0 atom stereocenters. The summed E-state index contributed by atoms with van der Waals surface area (Å²) in [6, 6.07) is 3.27. The molecule has 0 spiro atoms. The summed E-state index contributed by atoms with van der Waals surface area (Å²) in [6.45, 7) is 4.33. The minimum atomic E-state index is -0.406. The number of nitrogens with zero attached hydrogens (tertiary/aromatic N) is 1. The van der Waals surface area contributed by atoms with Crippen LogP contribution >= 0.6 is 0 Å². The van der Waals surface area contributed by atoms with Crippen molar-refractivity contribution in [3.05, 3.63) is 29.5 Å². The number of benzene rings is 1. The number of nitrogens with two attached hydrogens (primary N) is 1. The number of aromatic nitrogens is 1. The molecule has 0 unspecified atom stereocenters. The van der Waals surface area contributed by atoms with Crippen LogP contribution in [0.1, 0.15) is 22.1 Å². The number of carbonyl (C=O) groups excluding carboxylic acids is 1. The van der Waals surface area contributed by atoms with Crippen molar-refractivity contribution in [3.8, 4) is 11.5 Å². The maximum atomic E-state index is 12.2. The Balaban J connectivity index is 1.87. The van der Waals surface area contributed by atoms with Gasteiger partial charge in [-0.3, -0.25) is 4.79 Å². The Morgan fingerprint density at radius 3 is 2.52 bits per heavy atom. The van der Waals surface area contributed by atoms with Crippen LogP contribution in [0.2, 0.25) is 0 Å². The fourth-order valence-electron chi connectivity index (χ4n) is 2.13. The standard InChI is InChI=1S/C14H15N3O4/c1-7-13(21-8(2)16-7)14(18)17-10-6-12-11(5-9(10)15)19-3-4-20-12/h5-6H,3-4,15H2,1-2H3,(H,17,18). The number of ether oxygens (including phenoxy) is 2. The number of anilines is 2. The van der Waals surface area contributed by atoms with Gasteiger partial charge in [0.05, 0.1) is 17.1 Å². The normalized spacial score (nSPS) is 13.0. The van der Waals surface area contributed by atoms with Crippen LogP contribution in [0.5, 0.6) is 11.5 Å². The van der Waals surface area contributed by atoms with Crippen molar-refractivity contribution in [1.82, 2.24) is 4.98 Å². The van der Waals surface area contributed by atoms with Gasteiger partial charge in [0.15, 0.2) is 17.4 Å². The minimum Gasteiger partial charge on any atom is -0.486 e. The van der Waals surface area contributed by atoms with Crippen LogP contribution < -0.4 is 20.5 Å². The number of nitrogen functional groups attached to an aromatic ring is 1. The molecule has 1 aliphatic rings. The Bertz CT molecular complexity index is 708. The molecule has 21 heavy (non-hydrogen) atoms. The molecular weight excluding hydrogens is 274 g/mol. The predicted molar refractivity (Wildman–Crippen MR) is 75.8 cm³/mol. The second-order valence-electron chi connectivity index (χ2n) is 4.68. The number of rotatable bonds is 2. The zero-order chi connectivity index (χ0) is 15.0. The number of aryl methyl sites for hydroxylation is 2. The number of hydrogen-bond acceptors (Lipinski definition) is 6. The number of carbonyl (C=O) groups is 1. The van der Waals surface area contributed by atoms with E-state index >= 15 is 0 Å². The first-order chi connectivity index (χ1) is 10.0. The van der Waals surface area contributed by atoms with Crippen LogP contribution in [0.3, 0.4) is 0 Å². The number of fused-ring (bicyclic) bond motifs is 1. The van der Waals surface area contributed by atoms with E-state index in [1.165, 1.54) is 0 Å². The Morgan fingerprint density at radius 2 is 1.90 bits per heavy atom. The van der Waals surface area contributed by atoms with Crippen molar-refractivity contribution < 1.29 is 18.7 Å². The van der Waals surface area contributed by atoms with Gasteiger partial charge < -0.3 is 24.9 Å². The van der Waals surface area contributed by atoms with Gasteiger partial charge in [0.2, 0.25) is 5.76 Å². The lowest BCUT2D eigenvalue weighted by molar-refractivity contribution is 0.0994. The highest BCUT2D eigenvalue weighted by molar-refractivity contribution is 6.04. The number of nitrogens with one attached hydrogen (secondary N) is 1. The third-order valence-corrected chi connectivity index (χ3v) is 3.07. The van der Waals surface area contributed by atoms with E-state index in [0.717, 1.165) is 0 Å². The van der Waals surface area contributed by atoms with Gasteiger partial charge in [-0.05, 0) is 6.92 Å². The Morgan fingerprint density at radius 1 is 1.24 bits per heavy atom. The van der Waals surface area contributed by atoms with Gasteiger partial charge in [-0.1, -0.05) is 0 Å². The van der Waals surface area contributed by atoms with E-state index in [1.54, 1.807) is 26.0 Å². The predicted octanol–water partition coefficient (Wildman–Crippen LogP) is 1.90. The summed E-state index contributed by atoms with van der Waals surface area (Å²) in [4.78, 5) is 16.3. The van der Waals surface area contributed by atoms with Crippen molar-refractivity contribution in [2.45, 2.75) is 13.8 Å². The van der Waals surface area contributed by atoms with Crippen molar-refractivity contribution in [3.63, 3.8) is 0 Å². The molecule has 110 valence electrons. The lowest BCUT2D eigenvalue weighted by Gasteiger charge is -2.20. The van der Waals surface area contributed by atoms with E-state index in [9.17, 15) is 4.79 Å². The zero-order valence-corrected chi connectivity index (χ0v) is 11.7. The van der Waals surface area contributed by atoms with Gasteiger partial charge >= 0.3 is 0 Å². The molecule has 3 rings (SSSR count). The highest BCUT2D eigenvalue weighted by Crippen LogP contribution is 2.37. The molecule has 0 radical (unpaired) electrons. The summed E-state index contributed by atoms with van der Waals surface area (Å²) >= 11 is 0. The first-order valence-corrected chi connectivity index (χ1v) is 6.49. The third-order valence-electron chi connectivity index (χ3n) is 3.07. The molecule has 1 amide bonds. The molecule has 2 heterocycles. The Kier molecular flexibility index (Phi) is 3.17. The zero-order valence-electron chi connectivity index (χ0n) is 11.7. The summed E-state index contributed by atoms with van der Waals surface area (Å²) in [5.41, 5.74) is 7.28. The largest absolute Gasteiger partial charge is 0.486 e. The molecule has 7 nitrogen and oxygen atoms in total. The second kappa shape index (κ2) is 5.01. The van der Waals surface area contributed by atoms with E-state index in [2.05, 4.69) is 10.3 Å². The van der Waals surface area contributed by atoms with Crippen molar-refractivity contribution in [2.24, 2.45) is 0 Å². The summed E-state index contributed by atoms with van der Waals surface area (Å²) in [6.07, 6.45) is 0. The number of oxazole rings is 1. The monoisotopic (exact) mass is 289 g/mol. The Hall–Kier alpha value is -2.70. The van der Waals surface area contributed by atoms with Crippen molar-refractivity contribution in [2.75, 3.05) is 24.3 Å². The quantitative estimate of drug-likeness (QED) is 0.819. The molecule has 0 bridgehead atoms. The molecule has 7 heteroatoms. The number of amides is 1. The second-order valence-corrected chi connectivity index (χ2v) is 4.68. The van der Waals surface area contributed by atoms with Gasteiger partial charge in [-0.15, -0.1) is 0 Å². The van der Waals surface area contributed by atoms with Crippen molar-refractivity contribution in [1.29, 1.82) is 0 Å². The molecular formula is C14H15N3O4. The summed E-state index contributed by atoms with van der Waals surface area (Å²) < 4.78 is 16.2. The van der Waals surface area contributed by atoms with E-state index in [4.69, 9.17) is 19.6 Å². The molecule has 2 aromatic rings. The van der Waals surface area contributed by atoms with Crippen LogP contribution in [-0.2, 0) is 0 Å².